The number of thiophene rings is 2. The Hall–Kier alpha value is -3.79. The van der Waals surface area contributed by atoms with Gasteiger partial charge in [-0.25, -0.2) is 9.78 Å². The molecule has 3 aromatic heterocycles. The minimum atomic E-state index is -0.546. The Kier molecular flexibility index (Phi) is 8.16. The number of rotatable bonds is 8. The van der Waals surface area contributed by atoms with Gasteiger partial charge in [0, 0.05) is 26.9 Å². The predicted octanol–water partition coefficient (Wildman–Crippen LogP) is 7.45. The van der Waals surface area contributed by atoms with Gasteiger partial charge in [-0.2, -0.15) is 0 Å². The first-order valence-corrected chi connectivity index (χ1v) is 14.8. The van der Waals surface area contributed by atoms with Crippen molar-refractivity contribution in [1.29, 1.82) is 0 Å². The smallest absolute Gasteiger partial charge is 0.341 e. The van der Waals surface area contributed by atoms with Crippen LogP contribution in [0.3, 0.4) is 0 Å². The minimum absolute atomic E-state index is 0.187. The Bertz CT molecular complexity index is 1750. The lowest BCUT2D eigenvalue weighted by atomic mass is 9.99. The maximum atomic E-state index is 13.5. The van der Waals surface area contributed by atoms with Crippen LogP contribution in [-0.4, -0.2) is 28.0 Å². The molecule has 0 saturated carbocycles. The van der Waals surface area contributed by atoms with E-state index in [0.717, 1.165) is 16.7 Å². The number of hydrogen-bond acceptors (Lipinski definition) is 7. The molecular formula is C30H26ClN3O4S2. The number of anilines is 1. The number of esters is 1. The van der Waals surface area contributed by atoms with E-state index >= 15 is 0 Å². The quantitative estimate of drug-likeness (QED) is 0.189. The second-order valence-electron chi connectivity index (χ2n) is 9.41. The van der Waals surface area contributed by atoms with Gasteiger partial charge in [0.05, 0.1) is 18.3 Å². The summed E-state index contributed by atoms with van der Waals surface area (Å²) in [5, 5.41) is 7.90. The average molecular weight is 592 g/mol. The summed E-state index contributed by atoms with van der Waals surface area (Å²) in [6, 6.07) is 15.2. The number of ether oxygens (including phenoxy) is 1. The van der Waals surface area contributed by atoms with Crippen LogP contribution in [0.25, 0.3) is 32.5 Å². The van der Waals surface area contributed by atoms with Crippen LogP contribution in [0.5, 0.6) is 0 Å². The molecule has 1 amide bonds. The monoisotopic (exact) mass is 591 g/mol. The number of carbonyl (C=O) groups is 2. The largest absolute Gasteiger partial charge is 0.462 e. The molecule has 10 heteroatoms. The van der Waals surface area contributed by atoms with E-state index < -0.39 is 11.9 Å². The number of halogens is 1. The number of hydrogen-bond donors (Lipinski definition) is 1. The molecule has 0 aliphatic rings. The summed E-state index contributed by atoms with van der Waals surface area (Å²) in [4.78, 5) is 44.5. The molecule has 0 atom stereocenters. The number of amides is 1. The molecule has 0 aliphatic heterocycles. The van der Waals surface area contributed by atoms with E-state index in [-0.39, 0.29) is 24.3 Å². The highest BCUT2D eigenvalue weighted by atomic mass is 35.5. The molecule has 5 aromatic rings. The molecule has 0 bridgehead atoms. The fourth-order valence-electron chi connectivity index (χ4n) is 4.36. The molecule has 0 fully saturated rings. The molecule has 0 spiro atoms. The first-order chi connectivity index (χ1) is 19.3. The molecule has 0 radical (unpaired) electrons. The van der Waals surface area contributed by atoms with Crippen LogP contribution in [0.1, 0.15) is 42.6 Å². The number of nitrogens with zero attached hydrogens (tertiary/aromatic N) is 2. The number of nitrogens with one attached hydrogen (secondary N) is 1. The SMILES string of the molecule is CCOC(=O)c1c(-c2ccc(Cl)cc2)csc1NC(=O)Cn1cnc2scc(-c3ccc(C(C)C)cc3)c2c1=O. The molecule has 204 valence electrons. The Morgan fingerprint density at radius 2 is 1.65 bits per heavy atom. The Balaban J connectivity index is 1.43. The average Bonchev–Trinajstić information content (AvgIpc) is 3.56. The summed E-state index contributed by atoms with van der Waals surface area (Å²) in [5.41, 5.74) is 4.27. The highest BCUT2D eigenvalue weighted by molar-refractivity contribution is 7.17. The van der Waals surface area contributed by atoms with Crippen LogP contribution >= 0.6 is 34.3 Å². The van der Waals surface area contributed by atoms with Crippen molar-refractivity contribution in [3.8, 4) is 22.3 Å². The van der Waals surface area contributed by atoms with Gasteiger partial charge in [-0.15, -0.1) is 22.7 Å². The fourth-order valence-corrected chi connectivity index (χ4v) is 6.36. The van der Waals surface area contributed by atoms with Crippen LogP contribution in [0.4, 0.5) is 5.00 Å². The first-order valence-electron chi connectivity index (χ1n) is 12.7. The number of carbonyl (C=O) groups excluding carboxylic acids is 2. The Morgan fingerprint density at radius 3 is 2.33 bits per heavy atom. The third kappa shape index (κ3) is 5.58. The molecule has 0 aliphatic carbocycles. The molecule has 0 saturated heterocycles. The Morgan fingerprint density at radius 1 is 1.00 bits per heavy atom. The van der Waals surface area contributed by atoms with Crippen molar-refractivity contribution in [2.75, 3.05) is 11.9 Å². The van der Waals surface area contributed by atoms with E-state index in [1.165, 1.54) is 39.1 Å². The van der Waals surface area contributed by atoms with E-state index in [0.29, 0.717) is 31.7 Å². The van der Waals surface area contributed by atoms with E-state index in [2.05, 4.69) is 36.3 Å². The van der Waals surface area contributed by atoms with Gasteiger partial charge in [-0.1, -0.05) is 61.8 Å². The summed E-state index contributed by atoms with van der Waals surface area (Å²) in [6.45, 7) is 5.91. The fraction of sp³-hybridized carbons (Fsp3) is 0.200. The molecule has 3 heterocycles. The third-order valence-corrected chi connectivity index (χ3v) is 8.48. The van der Waals surface area contributed by atoms with Crippen molar-refractivity contribution in [3.63, 3.8) is 0 Å². The van der Waals surface area contributed by atoms with Crippen molar-refractivity contribution in [2.45, 2.75) is 33.2 Å². The molecule has 7 nitrogen and oxygen atoms in total. The van der Waals surface area contributed by atoms with Gasteiger partial charge in [-0.05, 0) is 41.7 Å². The Labute approximate surface area is 244 Å². The second-order valence-corrected chi connectivity index (χ2v) is 11.6. The first kappa shape index (κ1) is 27.8. The highest BCUT2D eigenvalue weighted by Crippen LogP contribution is 2.37. The molecule has 40 heavy (non-hydrogen) atoms. The van der Waals surface area contributed by atoms with E-state index in [1.54, 1.807) is 36.6 Å². The van der Waals surface area contributed by atoms with Crippen LogP contribution < -0.4 is 10.9 Å². The predicted molar refractivity (Wildman–Crippen MR) is 163 cm³/mol. The van der Waals surface area contributed by atoms with Gasteiger partial charge in [0.15, 0.2) is 0 Å². The van der Waals surface area contributed by atoms with Crippen LogP contribution in [0.2, 0.25) is 5.02 Å². The zero-order chi connectivity index (χ0) is 28.4. The normalized spacial score (nSPS) is 11.2. The van der Waals surface area contributed by atoms with Crippen molar-refractivity contribution in [3.05, 3.63) is 92.1 Å². The molecule has 1 N–H and O–H groups in total. The van der Waals surface area contributed by atoms with Crippen molar-refractivity contribution in [2.24, 2.45) is 0 Å². The van der Waals surface area contributed by atoms with Gasteiger partial charge >= 0.3 is 5.97 Å². The molecular weight excluding hydrogens is 566 g/mol. The topological polar surface area (TPSA) is 90.3 Å². The zero-order valence-electron chi connectivity index (χ0n) is 22.1. The zero-order valence-corrected chi connectivity index (χ0v) is 24.5. The van der Waals surface area contributed by atoms with Crippen LogP contribution in [-0.2, 0) is 16.1 Å². The van der Waals surface area contributed by atoms with Gasteiger partial charge in [-0.3, -0.25) is 14.2 Å². The number of aromatic nitrogens is 2. The molecule has 5 rings (SSSR count). The summed E-state index contributed by atoms with van der Waals surface area (Å²) in [6.07, 6.45) is 1.38. The van der Waals surface area contributed by atoms with E-state index in [4.69, 9.17) is 16.3 Å². The summed E-state index contributed by atoms with van der Waals surface area (Å²) >= 11 is 8.63. The highest BCUT2D eigenvalue weighted by Gasteiger charge is 2.23. The van der Waals surface area contributed by atoms with Crippen molar-refractivity contribution < 1.29 is 14.3 Å². The maximum Gasteiger partial charge on any atom is 0.341 e. The number of benzene rings is 2. The maximum absolute atomic E-state index is 13.5. The van der Waals surface area contributed by atoms with Crippen molar-refractivity contribution >= 4 is 61.4 Å². The van der Waals surface area contributed by atoms with Gasteiger partial charge in [0.2, 0.25) is 5.91 Å². The number of fused-ring (bicyclic) bond motifs is 1. The van der Waals surface area contributed by atoms with E-state index in [9.17, 15) is 14.4 Å². The van der Waals surface area contributed by atoms with Gasteiger partial charge in [0.25, 0.3) is 5.56 Å². The van der Waals surface area contributed by atoms with E-state index in [1.807, 2.05) is 17.5 Å². The lowest BCUT2D eigenvalue weighted by Crippen LogP contribution is -2.28. The van der Waals surface area contributed by atoms with Gasteiger partial charge in [0.1, 0.15) is 21.9 Å². The second kappa shape index (κ2) is 11.8. The summed E-state index contributed by atoms with van der Waals surface area (Å²) in [7, 11) is 0. The van der Waals surface area contributed by atoms with Crippen LogP contribution in [0, 0.1) is 0 Å². The lowest BCUT2D eigenvalue weighted by molar-refractivity contribution is -0.116. The van der Waals surface area contributed by atoms with Crippen LogP contribution in [0.15, 0.2) is 70.4 Å². The molecule has 0 unspecified atom stereocenters. The standard InChI is InChI=1S/C30H26ClN3O4S2/c1-4-38-30(37)26-23(20-9-11-21(31)12-10-20)15-40-28(26)33-24(35)13-34-16-32-27-25(29(34)36)22(14-39-27)19-7-5-18(6-8-19)17(2)3/h5-12,14-17H,4,13H2,1-3H3,(H,33,35). The lowest BCUT2D eigenvalue weighted by Gasteiger charge is -2.10. The molecule has 2 aromatic carbocycles. The summed E-state index contributed by atoms with van der Waals surface area (Å²) in [5.74, 6) is -0.604. The van der Waals surface area contributed by atoms with Crippen molar-refractivity contribution in [1.82, 2.24) is 9.55 Å². The minimum Gasteiger partial charge on any atom is -0.462 e. The third-order valence-electron chi connectivity index (χ3n) is 6.44. The summed E-state index contributed by atoms with van der Waals surface area (Å²) < 4.78 is 6.56. The van der Waals surface area contributed by atoms with Gasteiger partial charge < -0.3 is 10.1 Å².